The molecule has 80 valence electrons. The molecule has 1 aromatic heterocycles. The molecule has 0 saturated carbocycles. The number of nitrogens with one attached hydrogen (secondary N) is 1. The van der Waals surface area contributed by atoms with Crippen molar-refractivity contribution < 1.29 is 19.8 Å². The van der Waals surface area contributed by atoms with Crippen LogP contribution < -0.4 is 5.36 Å². The third kappa shape index (κ3) is 2.94. The molecule has 0 aromatic carbocycles. The van der Waals surface area contributed by atoms with Crippen LogP contribution in [0.4, 0.5) is 0 Å². The van der Waals surface area contributed by atoms with Gasteiger partial charge < -0.3 is 20.2 Å². The van der Waals surface area contributed by atoms with Crippen LogP contribution in [-0.4, -0.2) is 26.7 Å². The summed E-state index contributed by atoms with van der Waals surface area (Å²) in [5.41, 5.74) is 0. The summed E-state index contributed by atoms with van der Waals surface area (Å²) in [5.74, 6) is -2.38. The zero-order valence-electron chi connectivity index (χ0n) is 7.75. The first-order valence-corrected chi connectivity index (χ1v) is 4.17. The smallest absolute Gasteiger partial charge is 0.327 e. The average Bonchev–Trinajstić information content (AvgIpc) is 2.15. The van der Waals surface area contributed by atoms with Gasteiger partial charge in [-0.05, 0) is 12.1 Å². The lowest BCUT2D eigenvalue weighted by Gasteiger charge is -2.13. The van der Waals surface area contributed by atoms with Crippen molar-refractivity contribution in [3.8, 4) is 0 Å². The summed E-state index contributed by atoms with van der Waals surface area (Å²) in [6.45, 7) is 0. The van der Waals surface area contributed by atoms with E-state index in [0.29, 0.717) is 0 Å². The van der Waals surface area contributed by atoms with Gasteiger partial charge in [-0.1, -0.05) is 0 Å². The zero-order chi connectivity index (χ0) is 11.4. The molecule has 0 fully saturated rings. The summed E-state index contributed by atoms with van der Waals surface area (Å²) in [6.07, 6.45) is 2.27. The average molecular weight is 210 g/mol. The van der Waals surface area contributed by atoms with Gasteiger partial charge in [0.05, 0.1) is 11.8 Å². The molecule has 0 aliphatic rings. The number of nitrogens with zero attached hydrogens (tertiary/aromatic N) is 1. The van der Waals surface area contributed by atoms with E-state index in [1.54, 1.807) is 0 Å². The molecule has 0 bridgehead atoms. The largest absolute Gasteiger partial charge is 0.481 e. The lowest BCUT2D eigenvalue weighted by atomic mass is 10.2. The standard InChI is InChI=1S/C9H10N2O4/c10-6-1-3-11(4-2-6)7(9(14)15)5-8(12)13/h1-4,7,10H,5H2,(H,12,13)(H,14,15). The number of aromatic nitrogens is 1. The van der Waals surface area contributed by atoms with Crippen LogP contribution in [0.1, 0.15) is 12.5 Å². The molecule has 0 amide bonds. The summed E-state index contributed by atoms with van der Waals surface area (Å²) < 4.78 is 1.26. The van der Waals surface area contributed by atoms with Crippen LogP contribution in [0.15, 0.2) is 24.5 Å². The highest BCUT2D eigenvalue weighted by Gasteiger charge is 2.21. The second kappa shape index (κ2) is 4.41. The minimum atomic E-state index is -1.21. The minimum Gasteiger partial charge on any atom is -0.481 e. The number of carbonyl (C=O) groups is 2. The molecule has 1 aromatic rings. The Bertz CT molecular complexity index is 417. The van der Waals surface area contributed by atoms with Crippen LogP contribution in [0.3, 0.4) is 0 Å². The summed E-state index contributed by atoms with van der Waals surface area (Å²) in [6, 6.07) is 1.67. The lowest BCUT2D eigenvalue weighted by molar-refractivity contribution is -0.147. The minimum absolute atomic E-state index is 0.241. The molecule has 1 rings (SSSR count). The first kappa shape index (κ1) is 11.0. The first-order chi connectivity index (χ1) is 7.00. The predicted octanol–water partition coefficient (Wildman–Crippen LogP) is 0.0680. The summed E-state index contributed by atoms with van der Waals surface area (Å²) in [5, 5.41) is 24.8. The molecule has 15 heavy (non-hydrogen) atoms. The van der Waals surface area contributed by atoms with Gasteiger partial charge in [-0.2, -0.15) is 0 Å². The number of aliphatic carboxylic acids is 2. The Morgan fingerprint density at radius 1 is 1.33 bits per heavy atom. The quantitative estimate of drug-likeness (QED) is 0.654. The molecular formula is C9H10N2O4. The third-order valence-corrected chi connectivity index (χ3v) is 1.87. The van der Waals surface area contributed by atoms with Gasteiger partial charge in [0.15, 0.2) is 0 Å². The Labute approximate surface area is 84.9 Å². The number of rotatable bonds is 4. The van der Waals surface area contributed by atoms with E-state index >= 15 is 0 Å². The molecule has 0 spiro atoms. The van der Waals surface area contributed by atoms with Gasteiger partial charge in [0.25, 0.3) is 0 Å². The molecule has 1 unspecified atom stereocenters. The number of hydrogen-bond acceptors (Lipinski definition) is 3. The van der Waals surface area contributed by atoms with Gasteiger partial charge in [-0.25, -0.2) is 4.79 Å². The highest BCUT2D eigenvalue weighted by atomic mass is 16.4. The molecular weight excluding hydrogens is 200 g/mol. The molecule has 0 saturated heterocycles. The summed E-state index contributed by atoms with van der Waals surface area (Å²) in [7, 11) is 0. The SMILES string of the molecule is N=c1ccn(C(CC(=O)O)C(=O)O)cc1. The Morgan fingerprint density at radius 2 is 1.87 bits per heavy atom. The van der Waals surface area contributed by atoms with E-state index in [0.717, 1.165) is 0 Å². The van der Waals surface area contributed by atoms with Crippen LogP contribution in [0, 0.1) is 5.41 Å². The van der Waals surface area contributed by atoms with Gasteiger partial charge in [0.2, 0.25) is 0 Å². The van der Waals surface area contributed by atoms with Crippen molar-refractivity contribution in [1.82, 2.24) is 4.57 Å². The maximum Gasteiger partial charge on any atom is 0.327 e. The van der Waals surface area contributed by atoms with Gasteiger partial charge in [-0.15, -0.1) is 0 Å². The fraction of sp³-hybridized carbons (Fsp3) is 0.222. The van der Waals surface area contributed by atoms with Crippen molar-refractivity contribution in [2.24, 2.45) is 0 Å². The second-order valence-corrected chi connectivity index (χ2v) is 2.99. The Morgan fingerprint density at radius 3 is 2.27 bits per heavy atom. The van der Waals surface area contributed by atoms with Crippen molar-refractivity contribution in [3.63, 3.8) is 0 Å². The molecule has 1 atom stereocenters. The molecule has 0 aliphatic heterocycles. The van der Waals surface area contributed by atoms with Crippen molar-refractivity contribution in [3.05, 3.63) is 29.9 Å². The number of pyridine rings is 1. The van der Waals surface area contributed by atoms with Crippen LogP contribution >= 0.6 is 0 Å². The number of carboxylic acids is 2. The van der Waals surface area contributed by atoms with Crippen LogP contribution in [0.25, 0.3) is 0 Å². The van der Waals surface area contributed by atoms with E-state index < -0.39 is 24.4 Å². The monoisotopic (exact) mass is 210 g/mol. The zero-order valence-corrected chi connectivity index (χ0v) is 7.75. The van der Waals surface area contributed by atoms with E-state index in [1.165, 1.54) is 29.1 Å². The highest BCUT2D eigenvalue weighted by molar-refractivity contribution is 5.79. The van der Waals surface area contributed by atoms with Crippen molar-refractivity contribution in [2.45, 2.75) is 12.5 Å². The molecule has 3 N–H and O–H groups in total. The maximum absolute atomic E-state index is 10.8. The predicted molar refractivity (Wildman–Crippen MR) is 49.2 cm³/mol. The molecule has 0 radical (unpaired) electrons. The van der Waals surface area contributed by atoms with Crippen LogP contribution in [0.2, 0.25) is 0 Å². The van der Waals surface area contributed by atoms with Gasteiger partial charge >= 0.3 is 11.9 Å². The van der Waals surface area contributed by atoms with E-state index in [9.17, 15) is 9.59 Å². The fourth-order valence-electron chi connectivity index (χ4n) is 1.13. The second-order valence-electron chi connectivity index (χ2n) is 2.99. The summed E-state index contributed by atoms with van der Waals surface area (Å²) >= 11 is 0. The van der Waals surface area contributed by atoms with Gasteiger partial charge in [-0.3, -0.25) is 4.79 Å². The van der Waals surface area contributed by atoms with Crippen molar-refractivity contribution >= 4 is 11.9 Å². The first-order valence-electron chi connectivity index (χ1n) is 4.17. The topological polar surface area (TPSA) is 103 Å². The fourth-order valence-corrected chi connectivity index (χ4v) is 1.13. The van der Waals surface area contributed by atoms with E-state index in [2.05, 4.69) is 0 Å². The highest BCUT2D eigenvalue weighted by Crippen LogP contribution is 2.10. The number of hydrogen-bond donors (Lipinski definition) is 3. The van der Waals surface area contributed by atoms with Crippen molar-refractivity contribution in [2.75, 3.05) is 0 Å². The van der Waals surface area contributed by atoms with Crippen molar-refractivity contribution in [1.29, 1.82) is 5.41 Å². The Hall–Kier alpha value is -2.11. The Kier molecular flexibility index (Phi) is 3.22. The van der Waals surface area contributed by atoms with Crippen LogP contribution in [-0.2, 0) is 9.59 Å². The third-order valence-electron chi connectivity index (χ3n) is 1.87. The molecule has 6 heteroatoms. The normalized spacial score (nSPS) is 12.0. The Balaban J connectivity index is 2.99. The van der Waals surface area contributed by atoms with Gasteiger partial charge in [0.1, 0.15) is 6.04 Å². The van der Waals surface area contributed by atoms with Gasteiger partial charge in [0, 0.05) is 12.4 Å². The van der Waals surface area contributed by atoms with E-state index in [4.69, 9.17) is 15.6 Å². The van der Waals surface area contributed by atoms with E-state index in [1.807, 2.05) is 0 Å². The molecule has 1 heterocycles. The lowest BCUT2D eigenvalue weighted by Crippen LogP contribution is -2.22. The molecule has 6 nitrogen and oxygen atoms in total. The molecule has 0 aliphatic carbocycles. The van der Waals surface area contributed by atoms with E-state index in [-0.39, 0.29) is 5.36 Å². The maximum atomic E-state index is 10.8. The summed E-state index contributed by atoms with van der Waals surface area (Å²) in [4.78, 5) is 21.2. The number of carboxylic acid groups (broad SMARTS) is 2. The van der Waals surface area contributed by atoms with Crippen LogP contribution in [0.5, 0.6) is 0 Å².